The summed E-state index contributed by atoms with van der Waals surface area (Å²) in [4.78, 5) is 15.5. The van der Waals surface area contributed by atoms with Crippen LogP contribution in [0.4, 0.5) is 8.78 Å². The fourth-order valence-electron chi connectivity index (χ4n) is 3.20. The Kier molecular flexibility index (Phi) is 6.59. The van der Waals surface area contributed by atoms with Gasteiger partial charge >= 0.3 is 5.97 Å². The van der Waals surface area contributed by atoms with Gasteiger partial charge in [0.2, 0.25) is 11.8 Å². The zero-order chi connectivity index (χ0) is 23.2. The van der Waals surface area contributed by atoms with Gasteiger partial charge in [0.1, 0.15) is 13.2 Å². The molecule has 0 aliphatic heterocycles. The van der Waals surface area contributed by atoms with Gasteiger partial charge in [-0.1, -0.05) is 66.7 Å². The van der Waals surface area contributed by atoms with Crippen LogP contribution in [-0.4, -0.2) is 16.1 Å². The Morgan fingerprint density at radius 2 is 1.30 bits per heavy atom. The molecule has 0 radical (unpaired) electrons. The van der Waals surface area contributed by atoms with Gasteiger partial charge in [0.05, 0.1) is 5.56 Å². The molecule has 7 heteroatoms. The van der Waals surface area contributed by atoms with Crippen LogP contribution >= 0.6 is 0 Å². The third-order valence-electron chi connectivity index (χ3n) is 4.89. The summed E-state index contributed by atoms with van der Waals surface area (Å²) in [5, 5.41) is 9.05. The number of benzene rings is 3. The molecule has 1 heterocycles. The van der Waals surface area contributed by atoms with Crippen molar-refractivity contribution in [3.05, 3.63) is 113 Å². The second kappa shape index (κ2) is 9.91. The first-order valence-corrected chi connectivity index (χ1v) is 10.1. The van der Waals surface area contributed by atoms with E-state index in [9.17, 15) is 13.6 Å². The van der Waals surface area contributed by atoms with Crippen molar-refractivity contribution >= 4 is 5.97 Å². The van der Waals surface area contributed by atoms with Gasteiger partial charge in [-0.2, -0.15) is 4.98 Å². The van der Waals surface area contributed by atoms with Crippen molar-refractivity contribution in [3.8, 4) is 22.9 Å². The van der Waals surface area contributed by atoms with E-state index in [-0.39, 0.29) is 36.1 Å². The van der Waals surface area contributed by atoms with Crippen LogP contribution in [0.15, 0.2) is 84.9 Å². The summed E-state index contributed by atoms with van der Waals surface area (Å²) in [5.41, 5.74) is 1.05. The van der Waals surface area contributed by atoms with Crippen molar-refractivity contribution in [3.63, 3.8) is 0 Å². The minimum atomic E-state index is -1.55. The molecule has 0 aliphatic rings. The van der Waals surface area contributed by atoms with E-state index in [1.807, 2.05) is 60.7 Å². The number of hydrogen-bond acceptors (Lipinski definition) is 4. The zero-order valence-electron chi connectivity index (χ0n) is 17.4. The largest absolute Gasteiger partial charge is 0.478 e. The fourth-order valence-corrected chi connectivity index (χ4v) is 3.20. The summed E-state index contributed by atoms with van der Waals surface area (Å²) in [6, 6.07) is 24.0. The molecule has 4 aromatic rings. The number of nitrogens with zero attached hydrogens (tertiary/aromatic N) is 1. The van der Waals surface area contributed by atoms with Crippen LogP contribution in [0.1, 0.15) is 21.5 Å². The van der Waals surface area contributed by atoms with Crippen molar-refractivity contribution in [2.45, 2.75) is 13.2 Å². The van der Waals surface area contributed by atoms with Crippen LogP contribution in [0.2, 0.25) is 0 Å². The van der Waals surface area contributed by atoms with Gasteiger partial charge in [-0.25, -0.2) is 13.6 Å². The molecule has 1 aromatic heterocycles. The van der Waals surface area contributed by atoms with E-state index in [1.165, 1.54) is 18.2 Å². The lowest BCUT2D eigenvalue weighted by Crippen LogP contribution is -2.06. The molecule has 166 valence electrons. The summed E-state index contributed by atoms with van der Waals surface area (Å²) in [5.74, 6) is -4.02. The predicted molar refractivity (Wildman–Crippen MR) is 118 cm³/mol. The maximum Gasteiger partial charge on any atom is 0.338 e. The van der Waals surface area contributed by atoms with Crippen LogP contribution in [0, 0.1) is 11.6 Å². The average molecular weight is 447 g/mol. The van der Waals surface area contributed by atoms with Gasteiger partial charge in [-0.05, 0) is 23.3 Å². The number of aromatic nitrogens is 1. The first kappa shape index (κ1) is 22.0. The normalized spacial score (nSPS) is 10.6. The topological polar surface area (TPSA) is 68.7 Å². The Labute approximate surface area is 188 Å². The molecule has 0 bridgehead atoms. The number of pyridine rings is 1. The molecule has 0 unspecified atom stereocenters. The fraction of sp³-hybridized carbons (Fsp3) is 0.0769. The molecule has 33 heavy (non-hydrogen) atoms. The minimum Gasteiger partial charge on any atom is -0.478 e. The molecule has 0 spiro atoms. The number of rotatable bonds is 8. The number of carboxylic acid groups (broad SMARTS) is 1. The summed E-state index contributed by atoms with van der Waals surface area (Å²) in [7, 11) is 0. The van der Waals surface area contributed by atoms with Crippen molar-refractivity contribution in [2.75, 3.05) is 0 Å². The molecule has 0 atom stereocenters. The molecule has 4 rings (SSSR count). The van der Waals surface area contributed by atoms with E-state index in [1.54, 1.807) is 0 Å². The summed E-state index contributed by atoms with van der Waals surface area (Å²) in [6.45, 7) is 0.405. The molecule has 0 saturated carbocycles. The number of aromatic carboxylic acids is 1. The van der Waals surface area contributed by atoms with Crippen LogP contribution < -0.4 is 9.47 Å². The second-order valence-electron chi connectivity index (χ2n) is 7.14. The third kappa shape index (κ3) is 5.15. The smallest absolute Gasteiger partial charge is 0.338 e. The van der Waals surface area contributed by atoms with Gasteiger partial charge in [0.25, 0.3) is 0 Å². The lowest BCUT2D eigenvalue weighted by atomic mass is 10.0. The van der Waals surface area contributed by atoms with Gasteiger partial charge in [0, 0.05) is 17.2 Å². The predicted octanol–water partition coefficient (Wildman–Crippen LogP) is 5.88. The Balaban J connectivity index is 1.67. The highest BCUT2D eigenvalue weighted by Crippen LogP contribution is 2.34. The van der Waals surface area contributed by atoms with Crippen molar-refractivity contribution in [1.29, 1.82) is 0 Å². The number of hydrogen-bond donors (Lipinski definition) is 1. The van der Waals surface area contributed by atoms with Crippen molar-refractivity contribution < 1.29 is 28.2 Å². The number of carbonyl (C=O) groups is 1. The Bertz CT molecular complexity index is 1260. The molecule has 1 N–H and O–H groups in total. The van der Waals surface area contributed by atoms with E-state index in [2.05, 4.69) is 4.98 Å². The molecule has 3 aromatic carbocycles. The van der Waals surface area contributed by atoms with Gasteiger partial charge in [0.15, 0.2) is 11.6 Å². The lowest BCUT2D eigenvalue weighted by molar-refractivity contribution is 0.0690. The summed E-state index contributed by atoms with van der Waals surface area (Å²) < 4.78 is 40.7. The second-order valence-corrected chi connectivity index (χ2v) is 7.14. The van der Waals surface area contributed by atoms with E-state index in [4.69, 9.17) is 14.6 Å². The van der Waals surface area contributed by atoms with E-state index in [0.717, 1.165) is 17.2 Å². The van der Waals surface area contributed by atoms with Crippen LogP contribution in [0.3, 0.4) is 0 Å². The first-order chi connectivity index (χ1) is 16.0. The number of carboxylic acids is 1. The monoisotopic (exact) mass is 447 g/mol. The maximum absolute atomic E-state index is 14.8. The Morgan fingerprint density at radius 3 is 1.91 bits per heavy atom. The standard InChI is InChI=1S/C26H19F2NO4/c27-23-19(11-12-21(24(23)28)26(30)31)20-13-14-22(32-15-17-7-3-1-4-8-17)29-25(20)33-16-18-9-5-2-6-10-18/h1-14H,15-16H2,(H,30,31). The number of ether oxygens (including phenoxy) is 2. The summed E-state index contributed by atoms with van der Waals surface area (Å²) >= 11 is 0. The highest BCUT2D eigenvalue weighted by Gasteiger charge is 2.22. The zero-order valence-corrected chi connectivity index (χ0v) is 17.4. The summed E-state index contributed by atoms with van der Waals surface area (Å²) in [6.07, 6.45) is 0. The maximum atomic E-state index is 14.8. The van der Waals surface area contributed by atoms with Crippen molar-refractivity contribution in [2.24, 2.45) is 0 Å². The Morgan fingerprint density at radius 1 is 0.727 bits per heavy atom. The average Bonchev–Trinajstić information content (AvgIpc) is 2.84. The quantitative estimate of drug-likeness (QED) is 0.365. The molecule has 0 fully saturated rings. The molecule has 5 nitrogen and oxygen atoms in total. The Hall–Kier alpha value is -4.26. The van der Waals surface area contributed by atoms with Gasteiger partial charge in [-0.15, -0.1) is 0 Å². The molecule has 0 aliphatic carbocycles. The van der Waals surface area contributed by atoms with E-state index in [0.29, 0.717) is 0 Å². The third-order valence-corrected chi connectivity index (χ3v) is 4.89. The highest BCUT2D eigenvalue weighted by molar-refractivity contribution is 5.89. The van der Waals surface area contributed by atoms with Gasteiger partial charge in [-0.3, -0.25) is 0 Å². The molecule has 0 saturated heterocycles. The van der Waals surface area contributed by atoms with Crippen molar-refractivity contribution in [1.82, 2.24) is 4.98 Å². The molecule has 0 amide bonds. The van der Waals surface area contributed by atoms with Crippen LogP contribution in [-0.2, 0) is 13.2 Å². The molecular weight excluding hydrogens is 428 g/mol. The van der Waals surface area contributed by atoms with E-state index >= 15 is 0 Å². The molecular formula is C26H19F2NO4. The lowest BCUT2D eigenvalue weighted by Gasteiger charge is -2.14. The number of halogens is 2. The van der Waals surface area contributed by atoms with E-state index < -0.39 is 23.2 Å². The first-order valence-electron chi connectivity index (χ1n) is 10.1. The van der Waals surface area contributed by atoms with Crippen LogP contribution in [0.25, 0.3) is 11.1 Å². The van der Waals surface area contributed by atoms with Crippen LogP contribution in [0.5, 0.6) is 11.8 Å². The SMILES string of the molecule is O=C(O)c1ccc(-c2ccc(OCc3ccccc3)nc2OCc2ccccc2)c(F)c1F. The minimum absolute atomic E-state index is 0.0331. The highest BCUT2D eigenvalue weighted by atomic mass is 19.2. The van der Waals surface area contributed by atoms with Gasteiger partial charge < -0.3 is 14.6 Å².